The number of hydrogen-bond acceptors (Lipinski definition) is 4. The summed E-state index contributed by atoms with van der Waals surface area (Å²) in [6.07, 6.45) is 3.78. The first kappa shape index (κ1) is 11.6. The van der Waals surface area contributed by atoms with Crippen molar-refractivity contribution in [3.05, 3.63) is 33.7 Å². The van der Waals surface area contributed by atoms with Gasteiger partial charge in [-0.2, -0.15) is 5.10 Å². The van der Waals surface area contributed by atoms with Gasteiger partial charge in [-0.3, -0.25) is 4.68 Å². The minimum atomic E-state index is 0.573. The van der Waals surface area contributed by atoms with E-state index in [0.29, 0.717) is 25.4 Å². The first-order chi connectivity index (χ1) is 8.72. The van der Waals surface area contributed by atoms with Crippen LogP contribution >= 0.6 is 22.6 Å². The highest BCUT2D eigenvalue weighted by Gasteiger charge is 2.14. The summed E-state index contributed by atoms with van der Waals surface area (Å²) in [6, 6.07) is 3.75. The molecule has 18 heavy (non-hydrogen) atoms. The van der Waals surface area contributed by atoms with E-state index in [2.05, 4.69) is 27.7 Å². The summed E-state index contributed by atoms with van der Waals surface area (Å²) in [5.74, 6) is 1.48. The number of nitrogen functional groups attached to an aromatic ring is 1. The monoisotopic (exact) mass is 357 g/mol. The quantitative estimate of drug-likeness (QED) is 0.659. The van der Waals surface area contributed by atoms with Crippen LogP contribution in [0.1, 0.15) is 5.56 Å². The van der Waals surface area contributed by atoms with Crippen LogP contribution in [0.25, 0.3) is 0 Å². The lowest BCUT2D eigenvalue weighted by atomic mass is 10.1. The Morgan fingerprint density at radius 1 is 1.28 bits per heavy atom. The fourth-order valence-electron chi connectivity index (χ4n) is 1.88. The molecule has 0 aliphatic carbocycles. The highest BCUT2D eigenvalue weighted by atomic mass is 127. The van der Waals surface area contributed by atoms with Gasteiger partial charge in [-0.25, -0.2) is 0 Å². The van der Waals surface area contributed by atoms with Crippen LogP contribution in [0.5, 0.6) is 11.5 Å². The van der Waals surface area contributed by atoms with Crippen molar-refractivity contribution >= 4 is 28.3 Å². The minimum absolute atomic E-state index is 0.573. The average molecular weight is 357 g/mol. The van der Waals surface area contributed by atoms with Crippen molar-refractivity contribution < 1.29 is 9.47 Å². The van der Waals surface area contributed by atoms with E-state index in [1.807, 2.05) is 29.2 Å². The molecule has 2 N–H and O–H groups in total. The van der Waals surface area contributed by atoms with Crippen LogP contribution in [0.4, 0.5) is 5.69 Å². The van der Waals surface area contributed by atoms with Crippen molar-refractivity contribution in [3.8, 4) is 11.5 Å². The molecule has 1 aromatic carbocycles. The summed E-state index contributed by atoms with van der Waals surface area (Å²) in [6.45, 7) is 1.78. The van der Waals surface area contributed by atoms with Crippen molar-refractivity contribution in [3.63, 3.8) is 0 Å². The number of hydrogen-bond donors (Lipinski definition) is 1. The van der Waals surface area contributed by atoms with Crippen LogP contribution in [0.2, 0.25) is 0 Å². The van der Waals surface area contributed by atoms with Crippen LogP contribution in [-0.4, -0.2) is 23.0 Å². The van der Waals surface area contributed by atoms with E-state index >= 15 is 0 Å². The molecule has 0 fully saturated rings. The van der Waals surface area contributed by atoms with Gasteiger partial charge < -0.3 is 15.2 Å². The van der Waals surface area contributed by atoms with Gasteiger partial charge in [0.15, 0.2) is 11.5 Å². The summed E-state index contributed by atoms with van der Waals surface area (Å²) >= 11 is 2.23. The molecule has 3 rings (SSSR count). The van der Waals surface area contributed by atoms with E-state index in [9.17, 15) is 0 Å². The van der Waals surface area contributed by atoms with Crippen LogP contribution in [0, 0.1) is 3.57 Å². The van der Waals surface area contributed by atoms with Gasteiger partial charge in [-0.05, 0) is 28.7 Å². The van der Waals surface area contributed by atoms with Gasteiger partial charge in [0.25, 0.3) is 0 Å². The van der Waals surface area contributed by atoms with Crippen molar-refractivity contribution in [2.24, 2.45) is 0 Å². The Kier molecular flexibility index (Phi) is 3.02. The van der Waals surface area contributed by atoms with Gasteiger partial charge in [0.2, 0.25) is 0 Å². The number of rotatable bonds is 2. The molecule has 0 saturated heterocycles. The van der Waals surface area contributed by atoms with Crippen molar-refractivity contribution in [1.82, 2.24) is 9.78 Å². The number of nitrogens with two attached hydrogens (primary N) is 1. The summed E-state index contributed by atoms with van der Waals surface area (Å²) in [7, 11) is 0. The first-order valence-electron chi connectivity index (χ1n) is 5.58. The van der Waals surface area contributed by atoms with E-state index in [1.165, 1.54) is 0 Å². The topological polar surface area (TPSA) is 62.3 Å². The van der Waals surface area contributed by atoms with E-state index in [-0.39, 0.29) is 0 Å². The Bertz CT molecular complexity index is 583. The summed E-state index contributed by atoms with van der Waals surface area (Å²) < 4.78 is 14.0. The zero-order valence-corrected chi connectivity index (χ0v) is 11.8. The summed E-state index contributed by atoms with van der Waals surface area (Å²) in [5, 5.41) is 4.25. The number of aromatic nitrogens is 2. The Morgan fingerprint density at radius 2 is 2.00 bits per heavy atom. The van der Waals surface area contributed by atoms with E-state index in [0.717, 1.165) is 20.6 Å². The molecule has 0 radical (unpaired) electrons. The molecule has 0 saturated carbocycles. The third kappa shape index (κ3) is 2.24. The van der Waals surface area contributed by atoms with E-state index < -0.39 is 0 Å². The van der Waals surface area contributed by atoms with E-state index in [4.69, 9.17) is 15.2 Å². The van der Waals surface area contributed by atoms with Gasteiger partial charge in [0.1, 0.15) is 13.2 Å². The molecule has 2 aromatic rings. The first-order valence-corrected chi connectivity index (χ1v) is 6.66. The molecule has 0 spiro atoms. The second kappa shape index (κ2) is 4.68. The lowest BCUT2D eigenvalue weighted by molar-refractivity contribution is 0.171. The fraction of sp³-hybridized carbons (Fsp3) is 0.250. The SMILES string of the molecule is Nc1cc2c(cc1Cn1cc(I)cn1)OCCO2. The third-order valence-electron chi connectivity index (χ3n) is 2.74. The van der Waals surface area contributed by atoms with Crippen molar-refractivity contribution in [2.45, 2.75) is 6.54 Å². The summed E-state index contributed by atoms with van der Waals surface area (Å²) in [4.78, 5) is 0. The zero-order valence-electron chi connectivity index (χ0n) is 9.60. The molecular formula is C12H12IN3O2. The molecule has 0 atom stereocenters. The van der Waals surface area contributed by atoms with Gasteiger partial charge in [0, 0.05) is 23.5 Å². The molecular weight excluding hydrogens is 345 g/mol. The van der Waals surface area contributed by atoms with Crippen molar-refractivity contribution in [1.29, 1.82) is 0 Å². The fourth-order valence-corrected chi connectivity index (χ4v) is 2.33. The zero-order chi connectivity index (χ0) is 12.5. The largest absolute Gasteiger partial charge is 0.486 e. The number of ether oxygens (including phenoxy) is 2. The molecule has 1 aliphatic heterocycles. The Balaban J connectivity index is 1.92. The Morgan fingerprint density at radius 3 is 2.67 bits per heavy atom. The molecule has 94 valence electrons. The maximum absolute atomic E-state index is 6.02. The normalized spacial score (nSPS) is 13.6. The molecule has 1 aliphatic rings. The second-order valence-electron chi connectivity index (χ2n) is 4.05. The van der Waals surface area contributed by atoms with Gasteiger partial charge in [-0.15, -0.1) is 0 Å². The average Bonchev–Trinajstić information content (AvgIpc) is 2.76. The molecule has 1 aromatic heterocycles. The van der Waals surface area contributed by atoms with Crippen LogP contribution in [-0.2, 0) is 6.54 Å². The molecule has 0 amide bonds. The van der Waals surface area contributed by atoms with Gasteiger partial charge >= 0.3 is 0 Å². The van der Waals surface area contributed by atoms with Crippen molar-refractivity contribution in [2.75, 3.05) is 18.9 Å². The molecule has 2 heterocycles. The molecule has 6 heteroatoms. The minimum Gasteiger partial charge on any atom is -0.486 e. The smallest absolute Gasteiger partial charge is 0.163 e. The molecule has 0 unspecified atom stereocenters. The lowest BCUT2D eigenvalue weighted by Gasteiger charge is -2.20. The lowest BCUT2D eigenvalue weighted by Crippen LogP contribution is -2.16. The maximum atomic E-state index is 6.02. The van der Waals surface area contributed by atoms with Crippen LogP contribution in [0.15, 0.2) is 24.5 Å². The van der Waals surface area contributed by atoms with Gasteiger partial charge in [0.05, 0.1) is 16.3 Å². The Labute approximate surface area is 118 Å². The third-order valence-corrected chi connectivity index (χ3v) is 3.30. The number of nitrogens with zero attached hydrogens (tertiary/aromatic N) is 2. The standard InChI is InChI=1S/C12H12IN3O2/c13-9-5-15-16(7-9)6-8-3-11-12(4-10(8)14)18-2-1-17-11/h3-5,7H,1-2,6,14H2. The number of halogens is 1. The maximum Gasteiger partial charge on any atom is 0.163 e. The van der Waals surface area contributed by atoms with Gasteiger partial charge in [-0.1, -0.05) is 0 Å². The van der Waals surface area contributed by atoms with Crippen LogP contribution in [0.3, 0.4) is 0 Å². The van der Waals surface area contributed by atoms with E-state index in [1.54, 1.807) is 0 Å². The number of benzene rings is 1. The van der Waals surface area contributed by atoms with Crippen LogP contribution < -0.4 is 15.2 Å². The number of fused-ring (bicyclic) bond motifs is 1. The molecule has 0 bridgehead atoms. The predicted molar refractivity (Wildman–Crippen MR) is 75.9 cm³/mol. The molecule has 5 nitrogen and oxygen atoms in total. The highest BCUT2D eigenvalue weighted by Crippen LogP contribution is 2.34. The summed E-state index contributed by atoms with van der Waals surface area (Å²) in [5.41, 5.74) is 7.70. The highest BCUT2D eigenvalue weighted by molar-refractivity contribution is 14.1. The predicted octanol–water partition coefficient (Wildman–Crippen LogP) is 1.89. The number of anilines is 1. The second-order valence-corrected chi connectivity index (χ2v) is 5.30. The Hall–Kier alpha value is -1.44.